The molecule has 1 fully saturated rings. The Morgan fingerprint density at radius 3 is 2.77 bits per heavy atom. The summed E-state index contributed by atoms with van der Waals surface area (Å²) in [6, 6.07) is 18.4. The van der Waals surface area contributed by atoms with Crippen LogP contribution in [-0.2, 0) is 17.8 Å². The van der Waals surface area contributed by atoms with Gasteiger partial charge in [0.25, 0.3) is 0 Å². The first-order valence-electron chi connectivity index (χ1n) is 8.74. The molecule has 6 nitrogen and oxygen atoms in total. The quantitative estimate of drug-likeness (QED) is 0.684. The predicted octanol–water partition coefficient (Wildman–Crippen LogP) is 2.87. The Morgan fingerprint density at radius 2 is 1.92 bits per heavy atom. The number of methoxy groups -OCH3 is 1. The molecule has 1 aliphatic heterocycles. The van der Waals surface area contributed by atoms with E-state index in [2.05, 4.69) is 45.5 Å². The van der Waals surface area contributed by atoms with Crippen LogP contribution in [0.4, 0.5) is 0 Å². The van der Waals surface area contributed by atoms with Gasteiger partial charge in [-0.1, -0.05) is 47.7 Å². The molecule has 0 spiro atoms. The van der Waals surface area contributed by atoms with Gasteiger partial charge in [0.05, 0.1) is 26.5 Å². The molecule has 1 saturated heterocycles. The van der Waals surface area contributed by atoms with Crippen LogP contribution in [0, 0.1) is 0 Å². The number of hydrogen-bond acceptors (Lipinski definition) is 5. The Balaban J connectivity index is 1.46. The molecule has 2 heterocycles. The van der Waals surface area contributed by atoms with Gasteiger partial charge in [-0.05, 0) is 23.3 Å². The van der Waals surface area contributed by atoms with Crippen LogP contribution >= 0.6 is 0 Å². The molecule has 3 aromatic rings. The van der Waals surface area contributed by atoms with Crippen molar-refractivity contribution < 1.29 is 9.47 Å². The van der Waals surface area contributed by atoms with E-state index in [9.17, 15) is 0 Å². The van der Waals surface area contributed by atoms with Crippen molar-refractivity contribution in [1.29, 1.82) is 0 Å². The lowest BCUT2D eigenvalue weighted by molar-refractivity contribution is 0.0252. The Labute approximate surface area is 153 Å². The lowest BCUT2D eigenvalue weighted by Crippen LogP contribution is -2.23. The Bertz CT molecular complexity index is 850. The van der Waals surface area contributed by atoms with Crippen LogP contribution in [0.25, 0.3) is 0 Å². The fourth-order valence-corrected chi connectivity index (χ4v) is 3.22. The molecule has 1 atom stereocenters. The van der Waals surface area contributed by atoms with Crippen LogP contribution in [0.15, 0.2) is 60.8 Å². The van der Waals surface area contributed by atoms with Gasteiger partial charge in [-0.3, -0.25) is 4.90 Å². The van der Waals surface area contributed by atoms with Crippen molar-refractivity contribution >= 4 is 0 Å². The molecule has 26 heavy (non-hydrogen) atoms. The SMILES string of the molecule is COc1cccc(Cn2cc([C@@H]3OCCN3Cc3ccccc3)nn2)c1. The molecule has 0 unspecified atom stereocenters. The topological polar surface area (TPSA) is 52.4 Å². The minimum absolute atomic E-state index is 0.144. The Morgan fingerprint density at radius 1 is 1.08 bits per heavy atom. The van der Waals surface area contributed by atoms with Gasteiger partial charge < -0.3 is 9.47 Å². The second-order valence-corrected chi connectivity index (χ2v) is 6.37. The van der Waals surface area contributed by atoms with Crippen molar-refractivity contribution in [1.82, 2.24) is 19.9 Å². The van der Waals surface area contributed by atoms with Crippen LogP contribution in [-0.4, -0.2) is 40.2 Å². The highest BCUT2D eigenvalue weighted by atomic mass is 16.5. The van der Waals surface area contributed by atoms with Gasteiger partial charge in [0.15, 0.2) is 6.23 Å². The first kappa shape index (κ1) is 16.8. The van der Waals surface area contributed by atoms with E-state index in [4.69, 9.17) is 9.47 Å². The lowest BCUT2D eigenvalue weighted by Gasteiger charge is -2.20. The third kappa shape index (κ3) is 3.76. The lowest BCUT2D eigenvalue weighted by atomic mass is 10.2. The van der Waals surface area contributed by atoms with E-state index in [0.29, 0.717) is 13.2 Å². The van der Waals surface area contributed by atoms with E-state index in [0.717, 1.165) is 30.1 Å². The molecule has 1 aromatic heterocycles. The average molecular weight is 350 g/mol. The van der Waals surface area contributed by atoms with E-state index in [1.165, 1.54) is 5.56 Å². The van der Waals surface area contributed by atoms with Crippen molar-refractivity contribution in [3.63, 3.8) is 0 Å². The number of aromatic nitrogens is 3. The Kier molecular flexibility index (Phi) is 4.95. The maximum Gasteiger partial charge on any atom is 0.157 e. The smallest absolute Gasteiger partial charge is 0.157 e. The molecular weight excluding hydrogens is 328 g/mol. The van der Waals surface area contributed by atoms with E-state index in [-0.39, 0.29) is 6.23 Å². The fraction of sp³-hybridized carbons (Fsp3) is 0.300. The summed E-state index contributed by atoms with van der Waals surface area (Å²) >= 11 is 0. The molecule has 0 aliphatic carbocycles. The van der Waals surface area contributed by atoms with Gasteiger partial charge in [-0.15, -0.1) is 5.10 Å². The molecule has 0 bridgehead atoms. The summed E-state index contributed by atoms with van der Waals surface area (Å²) in [5, 5.41) is 8.62. The summed E-state index contributed by atoms with van der Waals surface area (Å²) in [6.45, 7) is 3.09. The standard InChI is InChI=1S/C20H22N4O2/c1-25-18-9-5-8-17(12-18)14-24-15-19(21-22-24)20-23(10-11-26-20)13-16-6-3-2-4-7-16/h2-9,12,15,20H,10-11,13-14H2,1H3/t20-/m0/s1. The maximum absolute atomic E-state index is 5.91. The molecule has 0 N–H and O–H groups in total. The molecule has 6 heteroatoms. The molecular formula is C20H22N4O2. The summed E-state index contributed by atoms with van der Waals surface area (Å²) in [7, 11) is 1.67. The molecule has 134 valence electrons. The molecule has 1 aliphatic rings. The Hall–Kier alpha value is -2.70. The fourth-order valence-electron chi connectivity index (χ4n) is 3.22. The van der Waals surface area contributed by atoms with Crippen LogP contribution < -0.4 is 4.74 Å². The van der Waals surface area contributed by atoms with Crippen molar-refractivity contribution in [2.24, 2.45) is 0 Å². The van der Waals surface area contributed by atoms with E-state index in [1.54, 1.807) is 7.11 Å². The van der Waals surface area contributed by atoms with Crippen molar-refractivity contribution in [2.75, 3.05) is 20.3 Å². The number of rotatable bonds is 6. The van der Waals surface area contributed by atoms with Crippen LogP contribution in [0.3, 0.4) is 0 Å². The molecule has 0 saturated carbocycles. The summed E-state index contributed by atoms with van der Waals surface area (Å²) in [5.74, 6) is 0.844. The molecule has 0 amide bonds. The van der Waals surface area contributed by atoms with E-state index >= 15 is 0 Å². The third-order valence-corrected chi connectivity index (χ3v) is 4.50. The largest absolute Gasteiger partial charge is 0.497 e. The molecule has 0 radical (unpaired) electrons. The van der Waals surface area contributed by atoms with Gasteiger partial charge >= 0.3 is 0 Å². The predicted molar refractivity (Wildman–Crippen MR) is 97.7 cm³/mol. The van der Waals surface area contributed by atoms with Crippen molar-refractivity contribution in [3.8, 4) is 5.75 Å². The second kappa shape index (κ2) is 7.68. The van der Waals surface area contributed by atoms with Gasteiger partial charge in [0, 0.05) is 13.1 Å². The summed E-state index contributed by atoms with van der Waals surface area (Å²) in [6.07, 6.45) is 1.82. The first-order chi connectivity index (χ1) is 12.8. The monoisotopic (exact) mass is 350 g/mol. The summed E-state index contributed by atoms with van der Waals surface area (Å²) in [4.78, 5) is 2.29. The minimum Gasteiger partial charge on any atom is -0.497 e. The summed E-state index contributed by atoms with van der Waals surface area (Å²) < 4.78 is 13.0. The normalized spacial score (nSPS) is 17.5. The van der Waals surface area contributed by atoms with Gasteiger partial charge in [-0.25, -0.2) is 4.68 Å². The van der Waals surface area contributed by atoms with Crippen LogP contribution in [0.5, 0.6) is 5.75 Å². The van der Waals surface area contributed by atoms with Gasteiger partial charge in [-0.2, -0.15) is 0 Å². The van der Waals surface area contributed by atoms with E-state index < -0.39 is 0 Å². The number of hydrogen-bond donors (Lipinski definition) is 0. The molecule has 2 aromatic carbocycles. The van der Waals surface area contributed by atoms with Crippen molar-refractivity contribution in [3.05, 3.63) is 77.6 Å². The number of nitrogens with zero attached hydrogens (tertiary/aromatic N) is 4. The number of ether oxygens (including phenoxy) is 2. The van der Waals surface area contributed by atoms with E-state index in [1.807, 2.05) is 35.1 Å². The number of benzene rings is 2. The zero-order valence-corrected chi connectivity index (χ0v) is 14.8. The highest BCUT2D eigenvalue weighted by molar-refractivity contribution is 5.28. The highest BCUT2D eigenvalue weighted by Gasteiger charge is 2.29. The zero-order valence-electron chi connectivity index (χ0n) is 14.8. The van der Waals surface area contributed by atoms with Crippen LogP contribution in [0.1, 0.15) is 23.0 Å². The van der Waals surface area contributed by atoms with Crippen molar-refractivity contribution in [2.45, 2.75) is 19.3 Å². The maximum atomic E-state index is 5.91. The van der Waals surface area contributed by atoms with Gasteiger partial charge in [0.2, 0.25) is 0 Å². The van der Waals surface area contributed by atoms with Gasteiger partial charge in [0.1, 0.15) is 11.4 Å². The highest BCUT2D eigenvalue weighted by Crippen LogP contribution is 2.27. The minimum atomic E-state index is -0.144. The van der Waals surface area contributed by atoms with Crippen LogP contribution in [0.2, 0.25) is 0 Å². The summed E-state index contributed by atoms with van der Waals surface area (Å²) in [5.41, 5.74) is 3.24. The molecule has 4 rings (SSSR count). The average Bonchev–Trinajstić information content (AvgIpc) is 3.32. The zero-order chi connectivity index (χ0) is 17.8. The third-order valence-electron chi connectivity index (χ3n) is 4.50. The first-order valence-corrected chi connectivity index (χ1v) is 8.74. The second-order valence-electron chi connectivity index (χ2n) is 6.37.